The average Bonchev–Trinajstić information content (AvgIpc) is 2.85. The number of halogens is 2. The molecule has 21 heavy (non-hydrogen) atoms. The van der Waals surface area contributed by atoms with Gasteiger partial charge in [-0.15, -0.1) is 0 Å². The van der Waals surface area contributed by atoms with Crippen molar-refractivity contribution in [2.45, 2.75) is 32.2 Å². The molecule has 3 N–H and O–H groups in total. The maximum Gasteiger partial charge on any atom is 0.315 e. The number of nitrogens with one attached hydrogen (secondary N) is 2. The molecular formula is C15H20Cl2N2O2. The molecule has 2 atom stereocenters. The maximum atomic E-state index is 11.9. The van der Waals surface area contributed by atoms with Crippen LogP contribution in [-0.2, 0) is 6.42 Å². The highest BCUT2D eigenvalue weighted by Crippen LogP contribution is 2.38. The Kier molecular flexibility index (Phi) is 5.73. The number of aliphatic hydroxyl groups excluding tert-OH is 1. The summed E-state index contributed by atoms with van der Waals surface area (Å²) in [7, 11) is 0. The van der Waals surface area contributed by atoms with Gasteiger partial charge in [-0.05, 0) is 42.4 Å². The molecule has 0 spiro atoms. The van der Waals surface area contributed by atoms with E-state index in [2.05, 4.69) is 10.6 Å². The molecule has 0 fully saturated rings. The van der Waals surface area contributed by atoms with Gasteiger partial charge in [-0.1, -0.05) is 36.2 Å². The Morgan fingerprint density at radius 2 is 2.24 bits per heavy atom. The van der Waals surface area contributed by atoms with Gasteiger partial charge in [0.25, 0.3) is 0 Å². The summed E-state index contributed by atoms with van der Waals surface area (Å²) < 4.78 is 0. The van der Waals surface area contributed by atoms with Crippen LogP contribution in [0, 0.1) is 5.92 Å². The zero-order chi connectivity index (χ0) is 15.4. The molecule has 6 heteroatoms. The highest BCUT2D eigenvalue weighted by Gasteiger charge is 2.26. The SMILES string of the molecule is CC(CCO)CNC(=O)NC1CCc2c1ccc(Cl)c2Cl. The quantitative estimate of drug-likeness (QED) is 0.775. The van der Waals surface area contributed by atoms with Gasteiger partial charge in [-0.2, -0.15) is 0 Å². The lowest BCUT2D eigenvalue weighted by Gasteiger charge is -2.17. The first-order valence-corrected chi connectivity index (χ1v) is 7.90. The summed E-state index contributed by atoms with van der Waals surface area (Å²) in [5.74, 6) is 0.255. The largest absolute Gasteiger partial charge is 0.396 e. The van der Waals surface area contributed by atoms with E-state index in [9.17, 15) is 4.79 Å². The zero-order valence-electron chi connectivity index (χ0n) is 12.0. The van der Waals surface area contributed by atoms with Crippen molar-refractivity contribution in [3.63, 3.8) is 0 Å². The summed E-state index contributed by atoms with van der Waals surface area (Å²) in [5, 5.41) is 15.8. The molecule has 1 aromatic carbocycles. The van der Waals surface area contributed by atoms with E-state index in [1.165, 1.54) is 0 Å². The van der Waals surface area contributed by atoms with Crippen LogP contribution >= 0.6 is 23.2 Å². The number of hydrogen-bond donors (Lipinski definition) is 3. The third-order valence-corrected chi connectivity index (χ3v) is 4.67. The van der Waals surface area contributed by atoms with Gasteiger partial charge in [-0.3, -0.25) is 0 Å². The van der Waals surface area contributed by atoms with E-state index in [1.807, 2.05) is 13.0 Å². The van der Waals surface area contributed by atoms with Gasteiger partial charge in [0.15, 0.2) is 0 Å². The van der Waals surface area contributed by atoms with Gasteiger partial charge >= 0.3 is 6.03 Å². The third kappa shape index (κ3) is 4.02. The summed E-state index contributed by atoms with van der Waals surface area (Å²) in [5.41, 5.74) is 2.08. The summed E-state index contributed by atoms with van der Waals surface area (Å²) in [4.78, 5) is 11.9. The second-order valence-electron chi connectivity index (χ2n) is 5.49. The maximum absolute atomic E-state index is 11.9. The first kappa shape index (κ1) is 16.4. The van der Waals surface area contributed by atoms with Crippen LogP contribution in [0.2, 0.25) is 10.0 Å². The molecule has 1 aromatic rings. The van der Waals surface area contributed by atoms with Gasteiger partial charge in [-0.25, -0.2) is 4.79 Å². The topological polar surface area (TPSA) is 61.4 Å². The van der Waals surface area contributed by atoms with Gasteiger partial charge in [0, 0.05) is 13.2 Å². The van der Waals surface area contributed by atoms with Gasteiger partial charge in [0.1, 0.15) is 0 Å². The van der Waals surface area contributed by atoms with Crippen molar-refractivity contribution >= 4 is 29.2 Å². The Hall–Kier alpha value is -0.970. The van der Waals surface area contributed by atoms with E-state index >= 15 is 0 Å². The number of amides is 2. The molecule has 2 rings (SSSR count). The van der Waals surface area contributed by atoms with Gasteiger partial charge in [0.05, 0.1) is 16.1 Å². The lowest BCUT2D eigenvalue weighted by Crippen LogP contribution is -2.39. The monoisotopic (exact) mass is 330 g/mol. The average molecular weight is 331 g/mol. The second-order valence-corrected chi connectivity index (χ2v) is 6.28. The van der Waals surface area contributed by atoms with Crippen LogP contribution in [0.4, 0.5) is 4.79 Å². The fourth-order valence-electron chi connectivity index (χ4n) is 2.58. The first-order chi connectivity index (χ1) is 10.0. The van der Waals surface area contributed by atoms with Crippen LogP contribution in [0.15, 0.2) is 12.1 Å². The standard InChI is InChI=1S/C15H20Cl2N2O2/c1-9(6-7-20)8-18-15(21)19-13-5-3-11-10(13)2-4-12(16)14(11)17/h2,4,9,13,20H,3,5-8H2,1H3,(H2,18,19,21). The van der Waals surface area contributed by atoms with Crippen LogP contribution in [0.1, 0.15) is 36.9 Å². The molecule has 116 valence electrons. The van der Waals surface area contributed by atoms with Crippen LogP contribution in [0.3, 0.4) is 0 Å². The minimum absolute atomic E-state index is 0.0251. The number of rotatable bonds is 5. The van der Waals surface area contributed by atoms with Crippen LogP contribution < -0.4 is 10.6 Å². The van der Waals surface area contributed by atoms with Crippen molar-refractivity contribution < 1.29 is 9.90 Å². The van der Waals surface area contributed by atoms with E-state index < -0.39 is 0 Å². The minimum atomic E-state index is -0.191. The molecule has 0 aromatic heterocycles. The molecular weight excluding hydrogens is 311 g/mol. The van der Waals surface area contributed by atoms with Gasteiger partial charge in [0.2, 0.25) is 0 Å². The molecule has 0 saturated heterocycles. The number of fused-ring (bicyclic) bond motifs is 1. The summed E-state index contributed by atoms with van der Waals surface area (Å²) in [6.45, 7) is 2.68. The molecule has 0 saturated carbocycles. The third-order valence-electron chi connectivity index (χ3n) is 3.83. The van der Waals surface area contributed by atoms with Crippen LogP contribution in [0.5, 0.6) is 0 Å². The molecule has 2 unspecified atom stereocenters. The highest BCUT2D eigenvalue weighted by molar-refractivity contribution is 6.42. The highest BCUT2D eigenvalue weighted by atomic mass is 35.5. The predicted molar refractivity (Wildman–Crippen MR) is 84.9 cm³/mol. The van der Waals surface area contributed by atoms with Crippen molar-refractivity contribution in [2.75, 3.05) is 13.2 Å². The lowest BCUT2D eigenvalue weighted by atomic mass is 10.1. The predicted octanol–water partition coefficient (Wildman–Crippen LogP) is 3.30. The van der Waals surface area contributed by atoms with Crippen molar-refractivity contribution in [1.82, 2.24) is 10.6 Å². The fraction of sp³-hybridized carbons (Fsp3) is 0.533. The Balaban J connectivity index is 1.92. The summed E-state index contributed by atoms with van der Waals surface area (Å²) in [6.07, 6.45) is 2.33. The minimum Gasteiger partial charge on any atom is -0.396 e. The van der Waals surface area contributed by atoms with Crippen molar-refractivity contribution in [2.24, 2.45) is 5.92 Å². The van der Waals surface area contributed by atoms with E-state index in [1.54, 1.807) is 6.07 Å². The number of carbonyl (C=O) groups is 1. The molecule has 4 nitrogen and oxygen atoms in total. The van der Waals surface area contributed by atoms with Crippen molar-refractivity contribution in [3.8, 4) is 0 Å². The molecule has 0 radical (unpaired) electrons. The Bertz CT molecular complexity index is 523. The van der Waals surface area contributed by atoms with E-state index in [0.717, 1.165) is 24.0 Å². The van der Waals surface area contributed by atoms with E-state index in [0.29, 0.717) is 23.0 Å². The second kappa shape index (κ2) is 7.34. The molecule has 0 bridgehead atoms. The Morgan fingerprint density at radius 3 is 2.95 bits per heavy atom. The normalized spacial score (nSPS) is 18.2. The molecule has 0 aliphatic heterocycles. The van der Waals surface area contributed by atoms with Crippen molar-refractivity contribution in [1.29, 1.82) is 0 Å². The number of hydrogen-bond acceptors (Lipinski definition) is 2. The number of carbonyl (C=O) groups excluding carboxylic acids is 1. The number of urea groups is 1. The summed E-state index contributed by atoms with van der Waals surface area (Å²) >= 11 is 12.2. The van der Waals surface area contributed by atoms with E-state index in [4.69, 9.17) is 28.3 Å². The molecule has 1 aliphatic carbocycles. The lowest BCUT2D eigenvalue weighted by molar-refractivity contribution is 0.230. The van der Waals surface area contributed by atoms with Crippen LogP contribution in [-0.4, -0.2) is 24.3 Å². The molecule has 0 heterocycles. The van der Waals surface area contributed by atoms with Crippen LogP contribution in [0.25, 0.3) is 0 Å². The number of aliphatic hydroxyl groups is 1. The number of benzene rings is 1. The first-order valence-electron chi connectivity index (χ1n) is 7.15. The van der Waals surface area contributed by atoms with E-state index in [-0.39, 0.29) is 24.6 Å². The Labute approximate surface area is 134 Å². The fourth-order valence-corrected chi connectivity index (χ4v) is 3.02. The zero-order valence-corrected chi connectivity index (χ0v) is 13.5. The van der Waals surface area contributed by atoms with Gasteiger partial charge < -0.3 is 15.7 Å². The smallest absolute Gasteiger partial charge is 0.315 e. The Morgan fingerprint density at radius 1 is 1.48 bits per heavy atom. The van der Waals surface area contributed by atoms with Crippen molar-refractivity contribution in [3.05, 3.63) is 33.3 Å². The molecule has 2 amide bonds. The summed E-state index contributed by atoms with van der Waals surface area (Å²) in [6, 6.07) is 3.48. The molecule has 1 aliphatic rings.